The molecule has 0 fully saturated rings. The van der Waals surface area contributed by atoms with Crippen molar-refractivity contribution in [3.05, 3.63) is 22.9 Å². The summed E-state index contributed by atoms with van der Waals surface area (Å²) >= 11 is 0. The average molecular weight is 178 g/mol. The van der Waals surface area contributed by atoms with Gasteiger partial charge in [-0.15, -0.1) is 0 Å². The van der Waals surface area contributed by atoms with Gasteiger partial charge in [-0.05, 0) is 42.9 Å². The standard InChI is InChI=1S/C10H14N2O/c1-6-2-10(11)12-9-4-7(5-13)3-8(6)9/h2,7,13H,3-5H2,1H3,(H2,11,12). The van der Waals surface area contributed by atoms with E-state index in [-0.39, 0.29) is 6.61 Å². The molecule has 1 aliphatic rings. The Morgan fingerprint density at radius 1 is 1.62 bits per heavy atom. The van der Waals surface area contributed by atoms with Crippen molar-refractivity contribution < 1.29 is 5.11 Å². The van der Waals surface area contributed by atoms with E-state index >= 15 is 0 Å². The number of hydrogen-bond acceptors (Lipinski definition) is 3. The van der Waals surface area contributed by atoms with Gasteiger partial charge in [0, 0.05) is 12.3 Å². The molecule has 0 aliphatic heterocycles. The summed E-state index contributed by atoms with van der Waals surface area (Å²) in [5, 5.41) is 9.04. The second-order valence-corrected chi connectivity index (χ2v) is 3.75. The normalized spacial score (nSPS) is 20.3. The first kappa shape index (κ1) is 8.51. The number of nitrogen functional groups attached to an aromatic ring is 1. The Kier molecular flexibility index (Phi) is 1.96. The molecule has 70 valence electrons. The van der Waals surface area contributed by atoms with Crippen molar-refractivity contribution in [3.8, 4) is 0 Å². The Balaban J connectivity index is 2.40. The van der Waals surface area contributed by atoms with Crippen LogP contribution in [0.1, 0.15) is 16.8 Å². The molecule has 3 nitrogen and oxygen atoms in total. The lowest BCUT2D eigenvalue weighted by Crippen LogP contribution is -2.04. The fourth-order valence-corrected chi connectivity index (χ4v) is 2.00. The van der Waals surface area contributed by atoms with Gasteiger partial charge in [-0.3, -0.25) is 0 Å². The van der Waals surface area contributed by atoms with Crippen LogP contribution in [0.3, 0.4) is 0 Å². The molecule has 0 saturated heterocycles. The van der Waals surface area contributed by atoms with Crippen molar-refractivity contribution in [2.75, 3.05) is 12.3 Å². The molecule has 3 N–H and O–H groups in total. The second-order valence-electron chi connectivity index (χ2n) is 3.75. The van der Waals surface area contributed by atoms with Crippen LogP contribution < -0.4 is 5.73 Å². The fraction of sp³-hybridized carbons (Fsp3) is 0.500. The Bertz CT molecular complexity index is 336. The van der Waals surface area contributed by atoms with Crippen LogP contribution in [0.25, 0.3) is 0 Å². The van der Waals surface area contributed by atoms with E-state index < -0.39 is 0 Å². The Morgan fingerprint density at radius 3 is 3.08 bits per heavy atom. The third-order valence-corrected chi connectivity index (χ3v) is 2.69. The highest BCUT2D eigenvalue weighted by atomic mass is 16.3. The molecule has 1 aliphatic carbocycles. The van der Waals surface area contributed by atoms with E-state index in [1.54, 1.807) is 0 Å². The van der Waals surface area contributed by atoms with Gasteiger partial charge in [-0.2, -0.15) is 0 Å². The minimum absolute atomic E-state index is 0.246. The maximum Gasteiger partial charge on any atom is 0.123 e. The maximum atomic E-state index is 9.04. The molecular formula is C10H14N2O. The van der Waals surface area contributed by atoms with Gasteiger partial charge in [0.05, 0.1) is 0 Å². The number of rotatable bonds is 1. The highest BCUT2D eigenvalue weighted by Crippen LogP contribution is 2.28. The number of aliphatic hydroxyl groups excluding tert-OH is 1. The van der Waals surface area contributed by atoms with Crippen LogP contribution in [0.2, 0.25) is 0 Å². The van der Waals surface area contributed by atoms with E-state index in [1.165, 1.54) is 11.1 Å². The summed E-state index contributed by atoms with van der Waals surface area (Å²) in [7, 11) is 0. The third kappa shape index (κ3) is 1.40. The van der Waals surface area contributed by atoms with Gasteiger partial charge in [0.1, 0.15) is 5.82 Å². The molecule has 1 heterocycles. The Morgan fingerprint density at radius 2 is 2.38 bits per heavy atom. The summed E-state index contributed by atoms with van der Waals surface area (Å²) in [6.07, 6.45) is 1.82. The molecule has 0 saturated carbocycles. The molecule has 0 bridgehead atoms. The van der Waals surface area contributed by atoms with Crippen molar-refractivity contribution in [3.63, 3.8) is 0 Å². The van der Waals surface area contributed by atoms with E-state index in [0.717, 1.165) is 18.5 Å². The highest BCUT2D eigenvalue weighted by molar-refractivity contribution is 5.43. The largest absolute Gasteiger partial charge is 0.396 e. The number of nitrogens with zero attached hydrogens (tertiary/aromatic N) is 1. The van der Waals surface area contributed by atoms with E-state index in [0.29, 0.717) is 11.7 Å². The van der Waals surface area contributed by atoms with Gasteiger partial charge in [-0.25, -0.2) is 4.98 Å². The van der Waals surface area contributed by atoms with Crippen molar-refractivity contribution in [1.82, 2.24) is 4.98 Å². The molecule has 1 aromatic rings. The molecule has 2 rings (SSSR count). The maximum absolute atomic E-state index is 9.04. The van der Waals surface area contributed by atoms with Gasteiger partial charge >= 0.3 is 0 Å². The number of pyridine rings is 1. The Labute approximate surface area is 77.6 Å². The number of aromatic nitrogens is 1. The van der Waals surface area contributed by atoms with Crippen LogP contribution in [0.4, 0.5) is 5.82 Å². The number of anilines is 1. The predicted molar refractivity (Wildman–Crippen MR) is 51.4 cm³/mol. The smallest absolute Gasteiger partial charge is 0.123 e. The summed E-state index contributed by atoms with van der Waals surface area (Å²) in [5.41, 5.74) is 9.22. The second kappa shape index (κ2) is 3.00. The summed E-state index contributed by atoms with van der Waals surface area (Å²) < 4.78 is 0. The molecule has 13 heavy (non-hydrogen) atoms. The zero-order valence-corrected chi connectivity index (χ0v) is 7.75. The first-order valence-corrected chi connectivity index (χ1v) is 4.56. The summed E-state index contributed by atoms with van der Waals surface area (Å²) in [6.45, 7) is 2.30. The highest BCUT2D eigenvalue weighted by Gasteiger charge is 2.23. The van der Waals surface area contributed by atoms with Crippen LogP contribution >= 0.6 is 0 Å². The predicted octanol–water partition coefficient (Wildman–Crippen LogP) is 0.679. The zero-order valence-electron chi connectivity index (χ0n) is 7.75. The lowest BCUT2D eigenvalue weighted by molar-refractivity contribution is 0.232. The van der Waals surface area contributed by atoms with Crippen LogP contribution in [0.15, 0.2) is 6.07 Å². The number of aryl methyl sites for hydroxylation is 1. The summed E-state index contributed by atoms with van der Waals surface area (Å²) in [4.78, 5) is 4.28. The number of nitrogens with two attached hydrogens (primary N) is 1. The van der Waals surface area contributed by atoms with E-state index in [9.17, 15) is 0 Å². The monoisotopic (exact) mass is 178 g/mol. The molecular weight excluding hydrogens is 164 g/mol. The molecule has 1 unspecified atom stereocenters. The summed E-state index contributed by atoms with van der Waals surface area (Å²) in [6, 6.07) is 1.90. The third-order valence-electron chi connectivity index (χ3n) is 2.69. The van der Waals surface area contributed by atoms with Crippen molar-refractivity contribution in [2.45, 2.75) is 19.8 Å². The van der Waals surface area contributed by atoms with Crippen LogP contribution in [-0.2, 0) is 12.8 Å². The lowest BCUT2D eigenvalue weighted by atomic mass is 10.1. The van der Waals surface area contributed by atoms with Gasteiger partial charge in [-0.1, -0.05) is 0 Å². The average Bonchev–Trinajstić information content (AvgIpc) is 2.47. The quantitative estimate of drug-likeness (QED) is 0.664. The lowest BCUT2D eigenvalue weighted by Gasteiger charge is -2.03. The molecule has 1 atom stereocenters. The molecule has 0 spiro atoms. The Hall–Kier alpha value is -1.09. The number of hydrogen-bond donors (Lipinski definition) is 2. The van der Waals surface area contributed by atoms with E-state index in [2.05, 4.69) is 11.9 Å². The van der Waals surface area contributed by atoms with Crippen molar-refractivity contribution in [2.24, 2.45) is 5.92 Å². The molecule has 0 aromatic carbocycles. The van der Waals surface area contributed by atoms with Gasteiger partial charge < -0.3 is 10.8 Å². The number of aliphatic hydroxyl groups is 1. The first-order valence-electron chi connectivity index (χ1n) is 4.56. The number of fused-ring (bicyclic) bond motifs is 1. The van der Waals surface area contributed by atoms with Crippen LogP contribution in [0.5, 0.6) is 0 Å². The molecule has 0 amide bonds. The SMILES string of the molecule is Cc1cc(N)nc2c1CC(CO)C2. The van der Waals surface area contributed by atoms with Crippen molar-refractivity contribution >= 4 is 5.82 Å². The van der Waals surface area contributed by atoms with Gasteiger partial charge in [0.25, 0.3) is 0 Å². The van der Waals surface area contributed by atoms with Gasteiger partial charge in [0.2, 0.25) is 0 Å². The topological polar surface area (TPSA) is 59.1 Å². The van der Waals surface area contributed by atoms with Crippen LogP contribution in [-0.4, -0.2) is 16.7 Å². The first-order chi connectivity index (χ1) is 6.20. The van der Waals surface area contributed by atoms with E-state index in [4.69, 9.17) is 10.8 Å². The molecule has 0 radical (unpaired) electrons. The molecule has 1 aromatic heterocycles. The van der Waals surface area contributed by atoms with E-state index in [1.807, 2.05) is 6.07 Å². The fourth-order valence-electron chi connectivity index (χ4n) is 2.00. The van der Waals surface area contributed by atoms with Crippen molar-refractivity contribution in [1.29, 1.82) is 0 Å². The summed E-state index contributed by atoms with van der Waals surface area (Å²) in [5.74, 6) is 0.942. The van der Waals surface area contributed by atoms with Crippen LogP contribution in [0, 0.1) is 12.8 Å². The molecule has 3 heteroatoms. The minimum atomic E-state index is 0.246. The van der Waals surface area contributed by atoms with Gasteiger partial charge in [0.15, 0.2) is 0 Å². The minimum Gasteiger partial charge on any atom is -0.396 e. The zero-order chi connectivity index (χ0) is 9.42.